The molecule has 1 aromatic heterocycles. The molecule has 0 radical (unpaired) electrons. The second kappa shape index (κ2) is 3.80. The van der Waals surface area contributed by atoms with E-state index in [2.05, 4.69) is 11.9 Å². The van der Waals surface area contributed by atoms with Crippen LogP contribution in [-0.2, 0) is 7.05 Å². The molecule has 1 aromatic rings. The first-order chi connectivity index (χ1) is 7.18. The lowest BCUT2D eigenvalue weighted by atomic mass is 9.78. The van der Waals surface area contributed by atoms with Crippen molar-refractivity contribution in [3.63, 3.8) is 0 Å². The molecule has 1 heterocycles. The van der Waals surface area contributed by atoms with Crippen molar-refractivity contribution >= 4 is 5.78 Å². The summed E-state index contributed by atoms with van der Waals surface area (Å²) in [6, 6.07) is 0. The molecule has 1 aliphatic rings. The summed E-state index contributed by atoms with van der Waals surface area (Å²) in [5.41, 5.74) is 0.537. The highest BCUT2D eigenvalue weighted by molar-refractivity contribution is 5.98. The summed E-state index contributed by atoms with van der Waals surface area (Å²) >= 11 is 0. The van der Waals surface area contributed by atoms with Gasteiger partial charge in [-0.2, -0.15) is 0 Å². The van der Waals surface area contributed by atoms with Gasteiger partial charge in [-0.3, -0.25) is 4.79 Å². The molecular weight excluding hydrogens is 188 g/mol. The number of aromatic nitrogens is 2. The van der Waals surface area contributed by atoms with E-state index in [4.69, 9.17) is 0 Å². The molecule has 0 atom stereocenters. The highest BCUT2D eigenvalue weighted by Gasteiger charge is 2.40. The monoisotopic (exact) mass is 206 g/mol. The summed E-state index contributed by atoms with van der Waals surface area (Å²) in [5.74, 6) is 0.253. The van der Waals surface area contributed by atoms with Crippen molar-refractivity contribution in [2.75, 3.05) is 0 Å². The molecular formula is C12H18N2O. The smallest absolute Gasteiger partial charge is 0.188 e. The normalized spacial score (nSPS) is 19.3. The van der Waals surface area contributed by atoms with Crippen molar-refractivity contribution in [2.24, 2.45) is 12.5 Å². The molecule has 1 aliphatic carbocycles. The molecule has 2 rings (SSSR count). The Morgan fingerprint density at radius 3 is 2.67 bits per heavy atom. The van der Waals surface area contributed by atoms with E-state index in [1.165, 1.54) is 12.8 Å². The molecule has 0 amide bonds. The van der Waals surface area contributed by atoms with E-state index in [1.807, 2.05) is 17.8 Å². The van der Waals surface area contributed by atoms with Crippen molar-refractivity contribution in [3.05, 3.63) is 18.2 Å². The Labute approximate surface area is 90.5 Å². The molecule has 1 fully saturated rings. The number of nitrogens with zero attached hydrogens (tertiary/aromatic N) is 2. The van der Waals surface area contributed by atoms with Gasteiger partial charge in [0.1, 0.15) is 5.69 Å². The summed E-state index contributed by atoms with van der Waals surface area (Å²) < 4.78 is 1.84. The SMILES string of the molecule is CCC1(C(=O)c2cn(C)cn2)CCCC1. The minimum atomic E-state index is -0.103. The number of carbonyl (C=O) groups excluding carboxylic acids is 1. The van der Waals surface area contributed by atoms with Crippen LogP contribution in [0.3, 0.4) is 0 Å². The molecule has 0 N–H and O–H groups in total. The molecule has 3 nitrogen and oxygen atoms in total. The molecule has 0 aliphatic heterocycles. The fraction of sp³-hybridized carbons (Fsp3) is 0.667. The average Bonchev–Trinajstić information content (AvgIpc) is 2.86. The molecule has 82 valence electrons. The van der Waals surface area contributed by atoms with Gasteiger partial charge in [-0.15, -0.1) is 0 Å². The van der Waals surface area contributed by atoms with Gasteiger partial charge in [-0.25, -0.2) is 4.98 Å². The maximum atomic E-state index is 12.3. The van der Waals surface area contributed by atoms with E-state index in [0.29, 0.717) is 5.69 Å². The molecule has 3 heteroatoms. The quantitative estimate of drug-likeness (QED) is 0.712. The van der Waals surface area contributed by atoms with E-state index >= 15 is 0 Å². The Kier molecular flexibility index (Phi) is 2.63. The third kappa shape index (κ3) is 1.71. The van der Waals surface area contributed by atoms with Crippen molar-refractivity contribution in [2.45, 2.75) is 39.0 Å². The number of aryl methyl sites for hydroxylation is 1. The number of imidazole rings is 1. The van der Waals surface area contributed by atoms with Crippen molar-refractivity contribution in [1.82, 2.24) is 9.55 Å². The van der Waals surface area contributed by atoms with Crippen LogP contribution in [-0.4, -0.2) is 15.3 Å². The zero-order valence-corrected chi connectivity index (χ0v) is 9.49. The van der Waals surface area contributed by atoms with Crippen molar-refractivity contribution in [1.29, 1.82) is 0 Å². The molecule has 0 aromatic carbocycles. The number of Topliss-reactive ketones (excluding diaryl/α,β-unsaturated/α-hetero) is 1. The van der Waals surface area contributed by atoms with Gasteiger partial charge in [0.05, 0.1) is 6.33 Å². The van der Waals surface area contributed by atoms with Crippen molar-refractivity contribution < 1.29 is 4.79 Å². The van der Waals surface area contributed by atoms with Crippen molar-refractivity contribution in [3.8, 4) is 0 Å². The Hall–Kier alpha value is -1.12. The highest BCUT2D eigenvalue weighted by Crippen LogP contribution is 2.43. The lowest BCUT2D eigenvalue weighted by Crippen LogP contribution is -2.27. The number of rotatable bonds is 3. The van der Waals surface area contributed by atoms with E-state index in [1.54, 1.807) is 6.33 Å². The summed E-state index contributed by atoms with van der Waals surface area (Å²) in [7, 11) is 1.90. The molecule has 15 heavy (non-hydrogen) atoms. The summed E-state index contributed by atoms with van der Waals surface area (Å²) in [5, 5.41) is 0. The van der Waals surface area contributed by atoms with Gasteiger partial charge in [0.2, 0.25) is 0 Å². The highest BCUT2D eigenvalue weighted by atomic mass is 16.1. The van der Waals surface area contributed by atoms with Crippen LogP contribution in [0.5, 0.6) is 0 Å². The molecule has 0 spiro atoms. The third-order valence-electron chi connectivity index (χ3n) is 3.66. The Bertz CT molecular complexity index is 361. The lowest BCUT2D eigenvalue weighted by Gasteiger charge is -2.24. The van der Waals surface area contributed by atoms with Crippen LogP contribution in [0.15, 0.2) is 12.5 Å². The van der Waals surface area contributed by atoms with Crippen LogP contribution < -0.4 is 0 Å². The number of hydrogen-bond donors (Lipinski definition) is 0. The first-order valence-electron chi connectivity index (χ1n) is 5.71. The van der Waals surface area contributed by atoms with E-state index < -0.39 is 0 Å². The van der Waals surface area contributed by atoms with Gasteiger partial charge < -0.3 is 4.57 Å². The van der Waals surface area contributed by atoms with Gasteiger partial charge in [-0.1, -0.05) is 19.8 Å². The minimum Gasteiger partial charge on any atom is -0.340 e. The fourth-order valence-corrected chi connectivity index (χ4v) is 2.59. The topological polar surface area (TPSA) is 34.9 Å². The first-order valence-corrected chi connectivity index (χ1v) is 5.71. The van der Waals surface area contributed by atoms with E-state index in [0.717, 1.165) is 19.3 Å². The molecule has 1 saturated carbocycles. The van der Waals surface area contributed by atoms with Gasteiger partial charge in [0, 0.05) is 18.7 Å². The third-order valence-corrected chi connectivity index (χ3v) is 3.66. The van der Waals surface area contributed by atoms with Crippen LogP contribution in [0.2, 0.25) is 0 Å². The first kappa shape index (κ1) is 10.4. The number of carbonyl (C=O) groups is 1. The predicted octanol–water partition coefficient (Wildman–Crippen LogP) is 2.57. The van der Waals surface area contributed by atoms with Gasteiger partial charge in [0.25, 0.3) is 0 Å². The Morgan fingerprint density at radius 2 is 2.20 bits per heavy atom. The fourth-order valence-electron chi connectivity index (χ4n) is 2.59. The molecule has 0 unspecified atom stereocenters. The predicted molar refractivity (Wildman–Crippen MR) is 58.7 cm³/mol. The largest absolute Gasteiger partial charge is 0.340 e. The Morgan fingerprint density at radius 1 is 1.53 bits per heavy atom. The van der Waals surface area contributed by atoms with E-state index in [9.17, 15) is 4.79 Å². The van der Waals surface area contributed by atoms with Crippen LogP contribution in [0.1, 0.15) is 49.5 Å². The van der Waals surface area contributed by atoms with Gasteiger partial charge >= 0.3 is 0 Å². The number of hydrogen-bond acceptors (Lipinski definition) is 2. The molecule has 0 saturated heterocycles. The summed E-state index contributed by atoms with van der Waals surface area (Å²) in [4.78, 5) is 16.5. The van der Waals surface area contributed by atoms with Gasteiger partial charge in [0.15, 0.2) is 5.78 Å². The number of ketones is 1. The zero-order chi connectivity index (χ0) is 10.9. The summed E-state index contributed by atoms with van der Waals surface area (Å²) in [6.07, 6.45) is 8.93. The second-order valence-corrected chi connectivity index (χ2v) is 4.59. The second-order valence-electron chi connectivity index (χ2n) is 4.59. The zero-order valence-electron chi connectivity index (χ0n) is 9.49. The van der Waals surface area contributed by atoms with Crippen LogP contribution in [0.25, 0.3) is 0 Å². The van der Waals surface area contributed by atoms with Crippen LogP contribution in [0.4, 0.5) is 0 Å². The maximum absolute atomic E-state index is 12.3. The standard InChI is InChI=1S/C12H18N2O/c1-3-12(6-4-5-7-12)11(15)10-8-14(2)9-13-10/h8-9H,3-7H2,1-2H3. The van der Waals surface area contributed by atoms with E-state index in [-0.39, 0.29) is 11.2 Å². The summed E-state index contributed by atoms with van der Waals surface area (Å²) in [6.45, 7) is 2.12. The Balaban J connectivity index is 2.26. The van der Waals surface area contributed by atoms with Crippen LogP contribution in [0, 0.1) is 5.41 Å². The minimum absolute atomic E-state index is 0.103. The van der Waals surface area contributed by atoms with Crippen LogP contribution >= 0.6 is 0 Å². The maximum Gasteiger partial charge on any atom is 0.188 e. The molecule has 0 bridgehead atoms. The lowest BCUT2D eigenvalue weighted by molar-refractivity contribution is 0.0786. The van der Waals surface area contributed by atoms with Gasteiger partial charge in [-0.05, 0) is 19.3 Å². The average molecular weight is 206 g/mol.